The van der Waals surface area contributed by atoms with Gasteiger partial charge in [0.15, 0.2) is 0 Å². The number of benzene rings is 1. The first-order valence-corrected chi connectivity index (χ1v) is 7.28. The Morgan fingerprint density at radius 2 is 2.05 bits per heavy atom. The summed E-state index contributed by atoms with van der Waals surface area (Å²) in [6.45, 7) is 1.57. The second-order valence-electron chi connectivity index (χ2n) is 4.62. The van der Waals surface area contributed by atoms with E-state index in [1.165, 1.54) is 10.4 Å². The van der Waals surface area contributed by atoms with E-state index < -0.39 is 0 Å². The Morgan fingerprint density at radius 1 is 1.21 bits per heavy atom. The second kappa shape index (κ2) is 5.41. The number of amides is 1. The zero-order chi connectivity index (χ0) is 13.1. The minimum absolute atomic E-state index is 0.0979. The van der Waals surface area contributed by atoms with Crippen LogP contribution >= 0.6 is 11.3 Å². The fourth-order valence-electron chi connectivity index (χ4n) is 2.27. The molecule has 0 unspecified atom stereocenters. The van der Waals surface area contributed by atoms with Gasteiger partial charge in [-0.3, -0.25) is 4.79 Å². The zero-order valence-electron chi connectivity index (χ0n) is 10.6. The molecule has 0 bridgehead atoms. The number of carbonyl (C=O) groups is 1. The van der Waals surface area contributed by atoms with E-state index in [1.807, 2.05) is 41.3 Å². The van der Waals surface area contributed by atoms with Crippen molar-refractivity contribution in [3.63, 3.8) is 0 Å². The van der Waals surface area contributed by atoms with Gasteiger partial charge in [-0.25, -0.2) is 0 Å². The molecule has 0 radical (unpaired) electrons. The molecule has 3 heteroatoms. The van der Waals surface area contributed by atoms with Gasteiger partial charge in [-0.1, -0.05) is 30.3 Å². The van der Waals surface area contributed by atoms with Crippen molar-refractivity contribution in [1.29, 1.82) is 0 Å². The molecule has 0 fully saturated rings. The van der Waals surface area contributed by atoms with Gasteiger partial charge >= 0.3 is 0 Å². The number of hydrogen-bond donors (Lipinski definition) is 0. The highest BCUT2D eigenvalue weighted by molar-refractivity contribution is 7.10. The fraction of sp³-hybridized carbons (Fsp3) is 0.188. The van der Waals surface area contributed by atoms with E-state index in [9.17, 15) is 4.79 Å². The van der Waals surface area contributed by atoms with Crippen LogP contribution in [0.5, 0.6) is 0 Å². The summed E-state index contributed by atoms with van der Waals surface area (Å²) in [7, 11) is 0. The van der Waals surface area contributed by atoms with Gasteiger partial charge in [0.25, 0.3) is 0 Å². The topological polar surface area (TPSA) is 20.3 Å². The first-order chi connectivity index (χ1) is 9.33. The summed E-state index contributed by atoms with van der Waals surface area (Å²) in [5.41, 5.74) is 2.36. The van der Waals surface area contributed by atoms with Gasteiger partial charge in [0, 0.05) is 24.0 Å². The summed E-state index contributed by atoms with van der Waals surface area (Å²) in [5.74, 6) is 0.0979. The van der Waals surface area contributed by atoms with Gasteiger partial charge in [0.05, 0.1) is 0 Å². The van der Waals surface area contributed by atoms with Gasteiger partial charge < -0.3 is 4.90 Å². The van der Waals surface area contributed by atoms with Crippen molar-refractivity contribution >= 4 is 23.3 Å². The van der Waals surface area contributed by atoms with Crippen LogP contribution in [0.4, 0.5) is 0 Å². The lowest BCUT2D eigenvalue weighted by Crippen LogP contribution is -2.34. The van der Waals surface area contributed by atoms with E-state index in [1.54, 1.807) is 17.4 Å². The molecule has 96 valence electrons. The molecule has 2 heterocycles. The Bertz CT molecular complexity index is 600. The highest BCUT2D eigenvalue weighted by Gasteiger charge is 2.19. The molecule has 0 N–H and O–H groups in total. The Kier molecular flexibility index (Phi) is 3.47. The normalized spacial score (nSPS) is 14.6. The molecule has 1 aliphatic rings. The zero-order valence-corrected chi connectivity index (χ0v) is 11.4. The summed E-state index contributed by atoms with van der Waals surface area (Å²) in [6.07, 6.45) is 4.54. The maximum absolute atomic E-state index is 12.1. The second-order valence-corrected chi connectivity index (χ2v) is 5.62. The first kappa shape index (κ1) is 12.2. The number of nitrogens with zero attached hydrogens (tertiary/aromatic N) is 1. The summed E-state index contributed by atoms with van der Waals surface area (Å²) in [5, 5.41) is 2.11. The highest BCUT2D eigenvalue weighted by Crippen LogP contribution is 2.24. The van der Waals surface area contributed by atoms with Crippen LogP contribution in [0.3, 0.4) is 0 Å². The van der Waals surface area contributed by atoms with Gasteiger partial charge in [-0.15, -0.1) is 11.3 Å². The average molecular weight is 269 g/mol. The van der Waals surface area contributed by atoms with E-state index in [-0.39, 0.29) is 5.91 Å². The summed E-state index contributed by atoms with van der Waals surface area (Å²) < 4.78 is 0. The fourth-order valence-corrected chi connectivity index (χ4v) is 3.16. The largest absolute Gasteiger partial charge is 0.334 e. The molecule has 1 aromatic heterocycles. The maximum Gasteiger partial charge on any atom is 0.246 e. The van der Waals surface area contributed by atoms with E-state index in [0.717, 1.165) is 25.1 Å². The van der Waals surface area contributed by atoms with Crippen molar-refractivity contribution in [1.82, 2.24) is 4.90 Å². The van der Waals surface area contributed by atoms with Crippen molar-refractivity contribution in [2.45, 2.75) is 13.0 Å². The third-order valence-corrected chi connectivity index (χ3v) is 4.36. The molecule has 0 spiro atoms. The Balaban J connectivity index is 1.67. The number of carbonyl (C=O) groups excluding carboxylic acids is 1. The molecular weight excluding hydrogens is 254 g/mol. The average Bonchev–Trinajstić information content (AvgIpc) is 2.93. The molecule has 0 saturated carbocycles. The van der Waals surface area contributed by atoms with E-state index >= 15 is 0 Å². The molecule has 3 rings (SSSR count). The van der Waals surface area contributed by atoms with Crippen molar-refractivity contribution in [3.8, 4) is 0 Å². The van der Waals surface area contributed by atoms with E-state index in [0.29, 0.717) is 0 Å². The van der Waals surface area contributed by atoms with Crippen LogP contribution in [0.2, 0.25) is 0 Å². The first-order valence-electron chi connectivity index (χ1n) is 6.40. The summed E-state index contributed by atoms with van der Waals surface area (Å²) in [6, 6.07) is 12.0. The van der Waals surface area contributed by atoms with E-state index in [4.69, 9.17) is 0 Å². The third kappa shape index (κ3) is 2.76. The molecule has 0 saturated heterocycles. The van der Waals surface area contributed by atoms with Crippen LogP contribution in [0.15, 0.2) is 47.9 Å². The lowest BCUT2D eigenvalue weighted by atomic mass is 10.1. The number of hydrogen-bond acceptors (Lipinski definition) is 2. The van der Waals surface area contributed by atoms with Crippen molar-refractivity contribution in [3.05, 3.63) is 63.9 Å². The molecule has 1 aromatic carbocycles. The molecule has 0 atom stereocenters. The predicted octanol–water partition coefficient (Wildman–Crippen LogP) is 3.35. The summed E-state index contributed by atoms with van der Waals surface area (Å²) >= 11 is 1.79. The monoisotopic (exact) mass is 269 g/mol. The van der Waals surface area contributed by atoms with Crippen LogP contribution in [0.25, 0.3) is 6.08 Å². The summed E-state index contributed by atoms with van der Waals surface area (Å²) in [4.78, 5) is 15.5. The van der Waals surface area contributed by atoms with Gasteiger partial charge in [0.1, 0.15) is 0 Å². The van der Waals surface area contributed by atoms with Gasteiger partial charge in [-0.05, 0) is 35.1 Å². The Morgan fingerprint density at radius 3 is 2.89 bits per heavy atom. The van der Waals surface area contributed by atoms with Crippen molar-refractivity contribution in [2.75, 3.05) is 6.54 Å². The molecule has 1 aliphatic heterocycles. The van der Waals surface area contributed by atoms with Crippen LogP contribution in [-0.2, 0) is 17.8 Å². The van der Waals surface area contributed by atoms with Gasteiger partial charge in [-0.2, -0.15) is 0 Å². The van der Waals surface area contributed by atoms with E-state index in [2.05, 4.69) is 11.4 Å². The highest BCUT2D eigenvalue weighted by atomic mass is 32.1. The number of fused-ring (bicyclic) bond motifs is 1. The molecule has 2 aromatic rings. The van der Waals surface area contributed by atoms with Crippen LogP contribution in [0, 0.1) is 0 Å². The van der Waals surface area contributed by atoms with Crippen LogP contribution < -0.4 is 0 Å². The smallest absolute Gasteiger partial charge is 0.246 e. The third-order valence-electron chi connectivity index (χ3n) is 3.34. The minimum Gasteiger partial charge on any atom is -0.334 e. The lowest BCUT2D eigenvalue weighted by Gasteiger charge is -2.25. The molecule has 1 amide bonds. The number of rotatable bonds is 2. The molecule has 0 aliphatic carbocycles. The SMILES string of the molecule is O=C(/C=C/c1ccccc1)N1CCc2sccc2C1. The Labute approximate surface area is 117 Å². The lowest BCUT2D eigenvalue weighted by molar-refractivity contribution is -0.126. The quantitative estimate of drug-likeness (QED) is 0.766. The predicted molar refractivity (Wildman–Crippen MR) is 78.9 cm³/mol. The van der Waals surface area contributed by atoms with Crippen molar-refractivity contribution < 1.29 is 4.79 Å². The van der Waals surface area contributed by atoms with Crippen molar-refractivity contribution in [2.24, 2.45) is 0 Å². The standard InChI is InChI=1S/C16H15NOS/c18-16(7-6-13-4-2-1-3-5-13)17-10-8-15-14(12-17)9-11-19-15/h1-7,9,11H,8,10,12H2/b7-6+. The molecular formula is C16H15NOS. The van der Waals surface area contributed by atoms with Crippen LogP contribution in [0.1, 0.15) is 16.0 Å². The Hall–Kier alpha value is -1.87. The minimum atomic E-state index is 0.0979. The maximum atomic E-state index is 12.1. The number of thiophene rings is 1. The molecule has 19 heavy (non-hydrogen) atoms. The van der Waals surface area contributed by atoms with Gasteiger partial charge in [0.2, 0.25) is 5.91 Å². The molecule has 2 nitrogen and oxygen atoms in total. The van der Waals surface area contributed by atoms with Crippen LogP contribution in [-0.4, -0.2) is 17.4 Å².